The van der Waals surface area contributed by atoms with Crippen molar-refractivity contribution in [2.75, 3.05) is 0 Å². The van der Waals surface area contributed by atoms with Crippen LogP contribution in [-0.4, -0.2) is 9.79 Å². The molecule has 0 aliphatic rings. The maximum absolute atomic E-state index is 11.6. The fraction of sp³-hybridized carbons (Fsp3) is 0.143. The molecule has 2 N–H and O–H groups in total. The van der Waals surface area contributed by atoms with E-state index in [1.807, 2.05) is 0 Å². The Labute approximate surface area is 162 Å². The average Bonchev–Trinajstić information content (AvgIpc) is 2.22. The lowest BCUT2D eigenvalue weighted by Crippen LogP contribution is -2.12. The van der Waals surface area contributed by atoms with Gasteiger partial charge < -0.3 is 9.79 Å². The maximum atomic E-state index is 11.6. The second-order valence-electron chi connectivity index (χ2n) is 3.03. The molecular formula is C7H2Br7O3P. The molecule has 1 rings (SSSR count). The summed E-state index contributed by atoms with van der Waals surface area (Å²) in [6, 6.07) is 0. The summed E-state index contributed by atoms with van der Waals surface area (Å²) in [4.78, 5) is 18.9. The maximum Gasteiger partial charge on any atom is 0.357 e. The molecule has 0 unspecified atom stereocenters. The van der Waals surface area contributed by atoms with Crippen molar-refractivity contribution in [3.05, 3.63) is 27.9 Å². The molecule has 0 saturated carbocycles. The van der Waals surface area contributed by atoms with E-state index in [1.54, 1.807) is 0 Å². The third-order valence-electron chi connectivity index (χ3n) is 1.88. The summed E-state index contributed by atoms with van der Waals surface area (Å²) in [7, 11) is -4.48. The highest BCUT2D eigenvalue weighted by Crippen LogP contribution is 2.68. The molecule has 0 atom stereocenters. The van der Waals surface area contributed by atoms with E-state index in [4.69, 9.17) is 0 Å². The molecule has 18 heavy (non-hydrogen) atoms. The van der Waals surface area contributed by atoms with E-state index < -0.39 is 10.6 Å². The topological polar surface area (TPSA) is 57.5 Å². The van der Waals surface area contributed by atoms with Crippen molar-refractivity contribution >= 4 is 119 Å². The molecule has 3 nitrogen and oxygen atoms in total. The van der Waals surface area contributed by atoms with Crippen LogP contribution >= 0.6 is 119 Å². The molecule has 0 bridgehead atoms. The van der Waals surface area contributed by atoms with Gasteiger partial charge in [0.1, 0.15) is 0 Å². The fourth-order valence-corrected chi connectivity index (χ4v) is 7.33. The van der Waals surface area contributed by atoms with Gasteiger partial charge in [-0.2, -0.15) is 0 Å². The van der Waals surface area contributed by atoms with Crippen LogP contribution < -0.4 is 0 Å². The molecule has 1 aromatic carbocycles. The molecule has 1 aromatic rings. The predicted octanol–water partition coefficient (Wildman–Crippen LogP) is 6.58. The van der Waals surface area contributed by atoms with Gasteiger partial charge in [-0.05, 0) is 79.6 Å². The number of benzene rings is 1. The molecule has 0 aromatic heterocycles. The van der Waals surface area contributed by atoms with Gasteiger partial charge in [0.25, 0.3) is 0 Å². The monoisotopic (exact) mass is 717 g/mol. The highest BCUT2D eigenvalue weighted by atomic mass is 79.9. The van der Waals surface area contributed by atoms with Gasteiger partial charge >= 0.3 is 7.60 Å². The summed E-state index contributed by atoms with van der Waals surface area (Å²) < 4.78 is 12.9. The molecule has 0 amide bonds. The largest absolute Gasteiger partial charge is 0.357 e. The third kappa shape index (κ3) is 3.38. The Bertz CT molecular complexity index is 523. The fourth-order valence-electron chi connectivity index (χ4n) is 1.01. The number of alkyl halides is 2. The Kier molecular flexibility index (Phi) is 6.74. The minimum atomic E-state index is -4.48. The Hall–Kier alpha value is 2.73. The van der Waals surface area contributed by atoms with E-state index in [0.717, 1.165) is 0 Å². The van der Waals surface area contributed by atoms with Crippen LogP contribution in [0.3, 0.4) is 0 Å². The summed E-state index contributed by atoms with van der Waals surface area (Å²) in [5, 5.41) is 0. The van der Waals surface area contributed by atoms with Gasteiger partial charge in [0.05, 0.1) is 0 Å². The first-order valence-corrected chi connectivity index (χ1v) is 11.0. The van der Waals surface area contributed by atoms with Crippen LogP contribution in [0.25, 0.3) is 0 Å². The summed E-state index contributed by atoms with van der Waals surface area (Å²) in [6.45, 7) is 0. The van der Waals surface area contributed by atoms with Gasteiger partial charge in [-0.3, -0.25) is 4.57 Å². The normalized spacial score (nSPS) is 12.9. The molecule has 0 fully saturated rings. The molecule has 0 radical (unpaired) electrons. The quantitative estimate of drug-likeness (QED) is 0.157. The Morgan fingerprint density at radius 2 is 1.06 bits per heavy atom. The van der Waals surface area contributed by atoms with Gasteiger partial charge in [-0.15, -0.1) is 0 Å². The average molecular weight is 724 g/mol. The van der Waals surface area contributed by atoms with Crippen LogP contribution in [0.5, 0.6) is 0 Å². The zero-order chi connectivity index (χ0) is 14.5. The molecule has 0 aliphatic heterocycles. The van der Waals surface area contributed by atoms with E-state index in [1.165, 1.54) is 0 Å². The van der Waals surface area contributed by atoms with Crippen LogP contribution in [0.2, 0.25) is 0 Å². The van der Waals surface area contributed by atoms with E-state index in [9.17, 15) is 14.4 Å². The van der Waals surface area contributed by atoms with Crippen molar-refractivity contribution in [2.45, 2.75) is 2.97 Å². The van der Waals surface area contributed by atoms with Crippen molar-refractivity contribution < 1.29 is 14.4 Å². The molecule has 0 aliphatic carbocycles. The van der Waals surface area contributed by atoms with Crippen LogP contribution in [0, 0.1) is 0 Å². The summed E-state index contributed by atoms with van der Waals surface area (Å²) in [5.41, 5.74) is 0.331. The zero-order valence-electron chi connectivity index (χ0n) is 7.90. The SMILES string of the molecule is O=P(O)(O)C(Br)(Br)c1c(Br)c(Br)c(Br)c(Br)c1Br. The van der Waals surface area contributed by atoms with Crippen LogP contribution in [0.15, 0.2) is 22.4 Å². The van der Waals surface area contributed by atoms with Crippen LogP contribution in [0.1, 0.15) is 5.56 Å². The second-order valence-corrected chi connectivity index (χ2v) is 13.4. The van der Waals surface area contributed by atoms with Gasteiger partial charge in [-0.25, -0.2) is 0 Å². The standard InChI is InChI=1S/C7H2Br7O3P/c8-2-1(7(13,14)18(15,16)17)3(9)5(11)6(12)4(2)10/h(H2,15,16,17). The Balaban J connectivity index is 3.78. The minimum Gasteiger partial charge on any atom is -0.323 e. The molecule has 102 valence electrons. The lowest BCUT2D eigenvalue weighted by Gasteiger charge is -2.26. The Morgan fingerprint density at radius 1 is 0.778 bits per heavy atom. The zero-order valence-corrected chi connectivity index (χ0v) is 19.9. The van der Waals surface area contributed by atoms with Crippen molar-refractivity contribution in [1.29, 1.82) is 0 Å². The van der Waals surface area contributed by atoms with E-state index in [0.29, 0.717) is 27.9 Å². The van der Waals surface area contributed by atoms with E-state index in [-0.39, 0.29) is 0 Å². The first-order valence-electron chi connectivity index (χ1n) is 3.88. The van der Waals surface area contributed by atoms with Crippen LogP contribution in [-0.2, 0) is 7.54 Å². The molecular weight excluding hydrogens is 722 g/mol. The van der Waals surface area contributed by atoms with Gasteiger partial charge in [-0.1, -0.05) is 31.9 Å². The highest BCUT2D eigenvalue weighted by molar-refractivity contribution is 9.26. The smallest absolute Gasteiger partial charge is 0.323 e. The third-order valence-corrected chi connectivity index (χ3v) is 12.5. The van der Waals surface area contributed by atoms with Gasteiger partial charge in [0.15, 0.2) is 0 Å². The number of hydrogen-bond acceptors (Lipinski definition) is 1. The first kappa shape index (κ1) is 18.8. The van der Waals surface area contributed by atoms with Crippen molar-refractivity contribution in [3.63, 3.8) is 0 Å². The van der Waals surface area contributed by atoms with E-state index >= 15 is 0 Å². The number of hydrogen-bond donors (Lipinski definition) is 2. The predicted molar refractivity (Wildman–Crippen MR) is 96.5 cm³/mol. The minimum absolute atomic E-state index is 0.331. The first-order chi connectivity index (χ1) is 7.93. The van der Waals surface area contributed by atoms with Crippen LogP contribution in [0.4, 0.5) is 0 Å². The van der Waals surface area contributed by atoms with Crippen molar-refractivity contribution in [3.8, 4) is 0 Å². The Morgan fingerprint density at radius 3 is 1.33 bits per heavy atom. The van der Waals surface area contributed by atoms with Crippen molar-refractivity contribution in [1.82, 2.24) is 0 Å². The number of halogens is 7. The molecule has 0 heterocycles. The second kappa shape index (κ2) is 6.46. The van der Waals surface area contributed by atoms with E-state index in [2.05, 4.69) is 112 Å². The highest BCUT2D eigenvalue weighted by Gasteiger charge is 2.47. The summed E-state index contributed by atoms with van der Waals surface area (Å²) in [6.07, 6.45) is 0. The molecule has 0 saturated heterocycles. The summed E-state index contributed by atoms with van der Waals surface area (Å²) >= 11 is 22.7. The lowest BCUT2D eigenvalue weighted by molar-refractivity contribution is 0.368. The van der Waals surface area contributed by atoms with Gasteiger partial charge in [0, 0.05) is 27.9 Å². The summed E-state index contributed by atoms with van der Waals surface area (Å²) in [5.74, 6) is 0. The molecule has 11 heteroatoms. The molecule has 0 spiro atoms. The van der Waals surface area contributed by atoms with Gasteiger partial charge in [0.2, 0.25) is 2.97 Å². The number of rotatable bonds is 2. The lowest BCUT2D eigenvalue weighted by atomic mass is 10.2. The van der Waals surface area contributed by atoms with Crippen molar-refractivity contribution in [2.24, 2.45) is 0 Å².